The predicted octanol–water partition coefficient (Wildman–Crippen LogP) is 3.28. The lowest BCUT2D eigenvalue weighted by molar-refractivity contribution is -0.226. The smallest absolute Gasteiger partial charge is 0.309 e. The van der Waals surface area contributed by atoms with E-state index in [9.17, 15) is 20.4 Å². The highest BCUT2D eigenvalue weighted by atomic mass is 19.3. The number of hydrogen-bond donors (Lipinski definition) is 5. The van der Waals surface area contributed by atoms with Crippen LogP contribution < -0.4 is 10.5 Å². The highest BCUT2D eigenvalue weighted by Gasteiger charge is 2.64. The molecule has 6 N–H and O–H groups in total. The summed E-state index contributed by atoms with van der Waals surface area (Å²) in [7, 11) is 0. The Balaban J connectivity index is 1.04. The van der Waals surface area contributed by atoms with Gasteiger partial charge in [-0.2, -0.15) is 8.78 Å². The summed E-state index contributed by atoms with van der Waals surface area (Å²) in [6, 6.07) is 21.8. The molecule has 7 rings (SSSR count). The van der Waals surface area contributed by atoms with Gasteiger partial charge >= 0.3 is 5.92 Å². The molecule has 0 radical (unpaired) electrons. The van der Waals surface area contributed by atoms with Gasteiger partial charge in [0.25, 0.3) is 0 Å². The molecule has 3 aromatic carbocycles. The molecule has 238 valence electrons. The van der Waals surface area contributed by atoms with Crippen LogP contribution in [0.5, 0.6) is 5.75 Å². The number of anilines is 1. The maximum absolute atomic E-state index is 15.1. The van der Waals surface area contributed by atoms with Crippen molar-refractivity contribution in [3.8, 4) is 17.1 Å². The maximum Gasteiger partial charge on any atom is 0.309 e. The predicted molar refractivity (Wildman–Crippen MR) is 162 cm³/mol. The van der Waals surface area contributed by atoms with E-state index < -0.39 is 42.2 Å². The van der Waals surface area contributed by atoms with Crippen LogP contribution in [0.25, 0.3) is 22.6 Å². The molecule has 2 aromatic heterocycles. The average molecular weight is 632 g/mol. The van der Waals surface area contributed by atoms with Gasteiger partial charge in [0, 0.05) is 5.56 Å². The van der Waals surface area contributed by atoms with Crippen molar-refractivity contribution in [1.82, 2.24) is 19.5 Å². The number of aromatic nitrogens is 4. The summed E-state index contributed by atoms with van der Waals surface area (Å²) in [6.07, 6.45) is -5.61. The number of nitrogen functional groups attached to an aromatic ring is 1. The standard InChI is InChI=1S/C33H31F2N5O6/c34-33(35)27(43)21-11-4-5-12-22(21)32(33,44)14-13-18-7-6-10-20(15-18)45-16-23-25(41)26(42)31(46-23)40-17-37-24-28(36)38-29(39-30(24)40)19-8-2-1-3-9-19/h1-12,15,17,23,25-27,31,41-44H,13-14,16H2,(H2,36,38,39)/t23-,25-,26-,27?,31-,32?/m1/s1. The molecule has 2 aliphatic rings. The number of ether oxygens (including phenoxy) is 2. The second kappa shape index (κ2) is 11.4. The summed E-state index contributed by atoms with van der Waals surface area (Å²) in [5, 5.41) is 43.1. The van der Waals surface area contributed by atoms with Crippen LogP contribution in [-0.4, -0.2) is 70.8 Å². The minimum atomic E-state index is -3.76. The Labute approximate surface area is 261 Å². The Hall–Kier alpha value is -4.53. The summed E-state index contributed by atoms with van der Waals surface area (Å²) in [5.74, 6) is -2.87. The van der Waals surface area contributed by atoms with E-state index in [1.54, 1.807) is 36.4 Å². The van der Waals surface area contributed by atoms with Gasteiger partial charge in [0.1, 0.15) is 42.3 Å². The number of aliphatic hydroxyl groups excluding tert-OH is 3. The monoisotopic (exact) mass is 631 g/mol. The Morgan fingerprint density at radius 3 is 2.50 bits per heavy atom. The summed E-state index contributed by atoms with van der Waals surface area (Å²) < 4.78 is 43.5. The molecule has 1 aliphatic heterocycles. The second-order valence-corrected chi connectivity index (χ2v) is 11.6. The maximum atomic E-state index is 15.1. The van der Waals surface area contributed by atoms with Gasteiger partial charge in [0.15, 0.2) is 29.1 Å². The minimum absolute atomic E-state index is 0.0106. The highest BCUT2D eigenvalue weighted by molar-refractivity contribution is 5.83. The van der Waals surface area contributed by atoms with Gasteiger partial charge in [0.2, 0.25) is 0 Å². The largest absolute Gasteiger partial charge is 0.491 e. The number of aliphatic hydroxyl groups is 4. The van der Waals surface area contributed by atoms with Crippen molar-refractivity contribution in [2.45, 2.75) is 55.0 Å². The molecule has 5 aromatic rings. The molecule has 3 heterocycles. The zero-order valence-electron chi connectivity index (χ0n) is 24.3. The minimum Gasteiger partial charge on any atom is -0.491 e. The number of alkyl halides is 2. The Kier molecular flexibility index (Phi) is 7.45. The molecule has 0 amide bonds. The van der Waals surface area contributed by atoms with E-state index in [4.69, 9.17) is 15.2 Å². The van der Waals surface area contributed by atoms with Crippen molar-refractivity contribution >= 4 is 17.0 Å². The summed E-state index contributed by atoms with van der Waals surface area (Å²) in [4.78, 5) is 13.2. The zero-order chi connectivity index (χ0) is 32.2. The summed E-state index contributed by atoms with van der Waals surface area (Å²) >= 11 is 0. The second-order valence-electron chi connectivity index (χ2n) is 11.6. The van der Waals surface area contributed by atoms with Crippen LogP contribution in [0, 0.1) is 0 Å². The van der Waals surface area contributed by atoms with E-state index in [1.807, 2.05) is 30.3 Å². The zero-order valence-corrected chi connectivity index (χ0v) is 24.3. The van der Waals surface area contributed by atoms with Crippen molar-refractivity contribution in [3.63, 3.8) is 0 Å². The molecule has 2 unspecified atom stereocenters. The number of fused-ring (bicyclic) bond motifs is 2. The van der Waals surface area contributed by atoms with Gasteiger partial charge in [-0.05, 0) is 41.7 Å². The molecule has 46 heavy (non-hydrogen) atoms. The van der Waals surface area contributed by atoms with Crippen LogP contribution in [0.4, 0.5) is 14.6 Å². The molecule has 13 heteroatoms. The van der Waals surface area contributed by atoms with E-state index in [2.05, 4.69) is 15.0 Å². The van der Waals surface area contributed by atoms with Crippen LogP contribution >= 0.6 is 0 Å². The van der Waals surface area contributed by atoms with E-state index in [0.717, 1.165) is 5.56 Å². The van der Waals surface area contributed by atoms with Crippen molar-refractivity contribution in [3.05, 3.63) is 102 Å². The molecule has 1 saturated heterocycles. The molecular formula is C33H31F2N5O6. The quantitative estimate of drug-likeness (QED) is 0.171. The highest BCUT2D eigenvalue weighted by Crippen LogP contribution is 2.56. The number of halogens is 2. The number of aryl methyl sites for hydroxylation is 1. The first-order valence-corrected chi connectivity index (χ1v) is 14.7. The molecule has 0 bridgehead atoms. The Morgan fingerprint density at radius 2 is 1.70 bits per heavy atom. The van der Waals surface area contributed by atoms with Crippen molar-refractivity contribution in [2.75, 3.05) is 12.3 Å². The van der Waals surface area contributed by atoms with Gasteiger partial charge in [-0.25, -0.2) is 15.0 Å². The number of imidazole rings is 1. The van der Waals surface area contributed by atoms with E-state index >= 15 is 8.78 Å². The van der Waals surface area contributed by atoms with Gasteiger partial charge in [-0.3, -0.25) is 4.57 Å². The molecule has 0 saturated carbocycles. The molecule has 11 nitrogen and oxygen atoms in total. The molecular weight excluding hydrogens is 600 g/mol. The first kappa shape index (κ1) is 30.1. The SMILES string of the molecule is Nc1nc(-c2ccccc2)nc2c1ncn2[C@@H]1O[C@H](COc2cccc(CCC3(O)c4ccccc4C(O)C3(F)F)c2)[C@@H](O)[C@H]1O. The number of benzene rings is 3. The third-order valence-electron chi connectivity index (χ3n) is 8.78. The first-order chi connectivity index (χ1) is 22.1. The fraction of sp³-hybridized carbons (Fsp3) is 0.303. The first-order valence-electron chi connectivity index (χ1n) is 14.7. The molecule has 0 spiro atoms. The van der Waals surface area contributed by atoms with Crippen molar-refractivity contribution < 1.29 is 38.7 Å². The van der Waals surface area contributed by atoms with Gasteiger partial charge in [0.05, 0.1) is 6.33 Å². The van der Waals surface area contributed by atoms with Crippen LogP contribution in [0.2, 0.25) is 0 Å². The summed E-state index contributed by atoms with van der Waals surface area (Å²) in [6.45, 7) is -0.140. The van der Waals surface area contributed by atoms with E-state index in [-0.39, 0.29) is 36.4 Å². The van der Waals surface area contributed by atoms with Crippen LogP contribution in [0.1, 0.15) is 35.4 Å². The van der Waals surface area contributed by atoms with Crippen LogP contribution in [0.3, 0.4) is 0 Å². The average Bonchev–Trinajstić information content (AvgIpc) is 3.66. The number of hydrogen-bond acceptors (Lipinski definition) is 10. The van der Waals surface area contributed by atoms with Gasteiger partial charge in [-0.1, -0.05) is 66.7 Å². The van der Waals surface area contributed by atoms with Crippen molar-refractivity contribution in [1.29, 1.82) is 0 Å². The third kappa shape index (κ3) is 4.87. The molecule has 6 atom stereocenters. The number of nitrogens with two attached hydrogens (primary N) is 1. The number of nitrogens with zero attached hydrogens (tertiary/aromatic N) is 4. The third-order valence-corrected chi connectivity index (χ3v) is 8.78. The van der Waals surface area contributed by atoms with Crippen LogP contribution in [-0.2, 0) is 16.8 Å². The topological polar surface area (TPSA) is 169 Å². The lowest BCUT2D eigenvalue weighted by atomic mass is 9.86. The molecule has 1 aliphatic carbocycles. The Bertz CT molecular complexity index is 1890. The number of rotatable bonds is 8. The fourth-order valence-corrected chi connectivity index (χ4v) is 6.25. The normalized spacial score (nSPS) is 26.8. The van der Waals surface area contributed by atoms with Gasteiger partial charge < -0.3 is 35.6 Å². The van der Waals surface area contributed by atoms with Gasteiger partial charge in [-0.15, -0.1) is 0 Å². The van der Waals surface area contributed by atoms with E-state index in [1.165, 1.54) is 23.0 Å². The van der Waals surface area contributed by atoms with E-state index in [0.29, 0.717) is 28.3 Å². The molecule has 1 fully saturated rings. The van der Waals surface area contributed by atoms with Crippen molar-refractivity contribution in [2.24, 2.45) is 0 Å². The lowest BCUT2D eigenvalue weighted by Gasteiger charge is -2.32. The summed E-state index contributed by atoms with van der Waals surface area (Å²) in [5.41, 5.74) is 5.63. The van der Waals surface area contributed by atoms with Crippen LogP contribution in [0.15, 0.2) is 85.2 Å². The fourth-order valence-electron chi connectivity index (χ4n) is 6.25. The Morgan fingerprint density at radius 1 is 0.935 bits per heavy atom. The lowest BCUT2D eigenvalue weighted by Crippen LogP contribution is -2.44.